The van der Waals surface area contributed by atoms with Crippen molar-refractivity contribution in [3.05, 3.63) is 47.8 Å². The number of nitrogens with one attached hydrogen (secondary N) is 1. The molecule has 3 nitrogen and oxygen atoms in total. The van der Waals surface area contributed by atoms with Gasteiger partial charge in [-0.1, -0.05) is 36.4 Å². The summed E-state index contributed by atoms with van der Waals surface area (Å²) in [5.41, 5.74) is 1.91. The maximum absolute atomic E-state index is 11.5. The lowest BCUT2D eigenvalue weighted by atomic mass is 10.1. The summed E-state index contributed by atoms with van der Waals surface area (Å²) < 4.78 is 0. The zero-order chi connectivity index (χ0) is 14.7. The average Bonchev–Trinajstić information content (AvgIpc) is 2.95. The SMILES string of the molecule is O=C(CCCl)Nc1nc(-c2ccc3ccccc3c2)cs1. The molecule has 1 amide bonds. The summed E-state index contributed by atoms with van der Waals surface area (Å²) in [6, 6.07) is 14.4. The van der Waals surface area contributed by atoms with Gasteiger partial charge in [-0.3, -0.25) is 4.79 Å². The summed E-state index contributed by atoms with van der Waals surface area (Å²) in [6.07, 6.45) is 0.298. The van der Waals surface area contributed by atoms with Gasteiger partial charge >= 0.3 is 0 Å². The Balaban J connectivity index is 1.85. The predicted octanol–water partition coefficient (Wildman–Crippen LogP) is 4.53. The Kier molecular flexibility index (Phi) is 4.18. The summed E-state index contributed by atoms with van der Waals surface area (Å²) in [6.45, 7) is 0. The average molecular weight is 317 g/mol. The number of carbonyl (C=O) groups is 1. The van der Waals surface area contributed by atoms with E-state index >= 15 is 0 Å². The standard InChI is InChI=1S/C16H13ClN2OS/c17-8-7-15(20)19-16-18-14(10-21-16)13-6-5-11-3-1-2-4-12(11)9-13/h1-6,9-10H,7-8H2,(H,18,19,20). The molecule has 0 aliphatic carbocycles. The van der Waals surface area contributed by atoms with Gasteiger partial charge in [0, 0.05) is 23.2 Å². The van der Waals surface area contributed by atoms with Crippen molar-refractivity contribution in [2.24, 2.45) is 0 Å². The summed E-state index contributed by atoms with van der Waals surface area (Å²) in [5, 5.41) is 7.68. The normalized spacial score (nSPS) is 10.7. The monoisotopic (exact) mass is 316 g/mol. The number of hydrogen-bond donors (Lipinski definition) is 1. The van der Waals surface area contributed by atoms with E-state index in [1.54, 1.807) is 0 Å². The fraction of sp³-hybridized carbons (Fsp3) is 0.125. The lowest BCUT2D eigenvalue weighted by Gasteiger charge is -2.01. The van der Waals surface area contributed by atoms with E-state index in [0.29, 0.717) is 17.4 Å². The van der Waals surface area contributed by atoms with Crippen LogP contribution in [0, 0.1) is 0 Å². The largest absolute Gasteiger partial charge is 0.302 e. The number of halogens is 1. The van der Waals surface area contributed by atoms with Crippen molar-refractivity contribution in [2.45, 2.75) is 6.42 Å². The molecule has 0 aliphatic rings. The molecule has 0 bridgehead atoms. The number of anilines is 1. The summed E-state index contributed by atoms with van der Waals surface area (Å²) in [7, 11) is 0. The van der Waals surface area contributed by atoms with Crippen molar-refractivity contribution < 1.29 is 4.79 Å². The van der Waals surface area contributed by atoms with E-state index in [9.17, 15) is 4.79 Å². The van der Waals surface area contributed by atoms with Crippen LogP contribution < -0.4 is 5.32 Å². The predicted molar refractivity (Wildman–Crippen MR) is 89.0 cm³/mol. The van der Waals surface area contributed by atoms with E-state index in [1.165, 1.54) is 22.1 Å². The molecule has 0 spiro atoms. The van der Waals surface area contributed by atoms with Crippen LogP contribution in [0.4, 0.5) is 5.13 Å². The molecule has 5 heteroatoms. The highest BCUT2D eigenvalue weighted by Crippen LogP contribution is 2.27. The molecule has 0 fully saturated rings. The number of hydrogen-bond acceptors (Lipinski definition) is 3. The summed E-state index contributed by atoms with van der Waals surface area (Å²) in [4.78, 5) is 16.0. The van der Waals surface area contributed by atoms with Gasteiger partial charge in [0.15, 0.2) is 5.13 Å². The molecular formula is C16H13ClN2OS. The molecule has 0 atom stereocenters. The third-order valence-electron chi connectivity index (χ3n) is 3.12. The molecule has 0 radical (unpaired) electrons. The smallest absolute Gasteiger partial charge is 0.227 e. The van der Waals surface area contributed by atoms with Gasteiger partial charge in [0.1, 0.15) is 0 Å². The van der Waals surface area contributed by atoms with Crippen molar-refractivity contribution in [3.8, 4) is 11.3 Å². The second-order valence-electron chi connectivity index (χ2n) is 4.59. The number of fused-ring (bicyclic) bond motifs is 1. The lowest BCUT2D eigenvalue weighted by Crippen LogP contribution is -2.11. The van der Waals surface area contributed by atoms with E-state index < -0.39 is 0 Å². The van der Waals surface area contributed by atoms with Crippen LogP contribution in [-0.4, -0.2) is 16.8 Å². The molecule has 106 valence electrons. The molecule has 1 heterocycles. The van der Waals surface area contributed by atoms with Crippen LogP contribution >= 0.6 is 22.9 Å². The molecule has 0 saturated carbocycles. The van der Waals surface area contributed by atoms with Gasteiger partial charge < -0.3 is 5.32 Å². The molecule has 3 rings (SSSR count). The first kappa shape index (κ1) is 14.0. The molecule has 21 heavy (non-hydrogen) atoms. The molecule has 1 aromatic heterocycles. The Hall–Kier alpha value is -1.91. The molecule has 0 aliphatic heterocycles. The number of aromatic nitrogens is 1. The lowest BCUT2D eigenvalue weighted by molar-refractivity contribution is -0.115. The van der Waals surface area contributed by atoms with Gasteiger partial charge in [-0.05, 0) is 16.8 Å². The highest BCUT2D eigenvalue weighted by Gasteiger charge is 2.08. The Bertz CT molecular complexity index is 785. The number of amides is 1. The first-order valence-corrected chi connectivity index (χ1v) is 7.98. The number of benzene rings is 2. The van der Waals surface area contributed by atoms with Gasteiger partial charge in [-0.25, -0.2) is 4.98 Å². The van der Waals surface area contributed by atoms with Gasteiger partial charge in [0.05, 0.1) is 5.69 Å². The topological polar surface area (TPSA) is 42.0 Å². The molecule has 2 aromatic carbocycles. The van der Waals surface area contributed by atoms with E-state index in [0.717, 1.165) is 11.3 Å². The minimum atomic E-state index is -0.107. The minimum absolute atomic E-state index is 0.107. The number of alkyl halides is 1. The van der Waals surface area contributed by atoms with Gasteiger partial charge in [-0.2, -0.15) is 0 Å². The van der Waals surface area contributed by atoms with Crippen molar-refractivity contribution in [2.75, 3.05) is 11.2 Å². The van der Waals surface area contributed by atoms with Crippen molar-refractivity contribution >= 4 is 44.7 Å². The highest BCUT2D eigenvalue weighted by molar-refractivity contribution is 7.14. The Morgan fingerprint density at radius 3 is 2.81 bits per heavy atom. The summed E-state index contributed by atoms with van der Waals surface area (Å²) >= 11 is 6.96. The second kappa shape index (κ2) is 6.24. The van der Waals surface area contributed by atoms with Crippen LogP contribution in [0.2, 0.25) is 0 Å². The fourth-order valence-corrected chi connectivity index (χ4v) is 2.99. The number of carbonyl (C=O) groups excluding carboxylic acids is 1. The van der Waals surface area contributed by atoms with Crippen LogP contribution in [0.3, 0.4) is 0 Å². The fourth-order valence-electron chi connectivity index (χ4n) is 2.08. The van der Waals surface area contributed by atoms with Gasteiger partial charge in [0.2, 0.25) is 5.91 Å². The first-order chi connectivity index (χ1) is 10.3. The van der Waals surface area contributed by atoms with Crippen LogP contribution in [0.5, 0.6) is 0 Å². The molecule has 0 unspecified atom stereocenters. The summed E-state index contributed by atoms with van der Waals surface area (Å²) in [5.74, 6) is 0.207. The molecule has 3 aromatic rings. The van der Waals surface area contributed by atoms with Crippen LogP contribution in [0.15, 0.2) is 47.8 Å². The Labute approximate surface area is 131 Å². The van der Waals surface area contributed by atoms with Crippen LogP contribution in [-0.2, 0) is 4.79 Å². The maximum Gasteiger partial charge on any atom is 0.227 e. The zero-order valence-electron chi connectivity index (χ0n) is 11.2. The van der Waals surface area contributed by atoms with E-state index in [-0.39, 0.29) is 5.91 Å². The molecule has 0 saturated heterocycles. The van der Waals surface area contributed by atoms with Crippen LogP contribution in [0.1, 0.15) is 6.42 Å². The third-order valence-corrected chi connectivity index (χ3v) is 4.06. The van der Waals surface area contributed by atoms with Crippen molar-refractivity contribution in [3.63, 3.8) is 0 Å². The Morgan fingerprint density at radius 2 is 2.00 bits per heavy atom. The minimum Gasteiger partial charge on any atom is -0.302 e. The number of thiazole rings is 1. The van der Waals surface area contributed by atoms with E-state index in [2.05, 4.69) is 34.6 Å². The number of rotatable bonds is 4. The van der Waals surface area contributed by atoms with Gasteiger partial charge in [0.25, 0.3) is 0 Å². The third kappa shape index (κ3) is 3.23. The zero-order valence-corrected chi connectivity index (χ0v) is 12.7. The van der Waals surface area contributed by atoms with Crippen molar-refractivity contribution in [1.29, 1.82) is 0 Å². The van der Waals surface area contributed by atoms with Crippen LogP contribution in [0.25, 0.3) is 22.0 Å². The molecule has 1 N–H and O–H groups in total. The second-order valence-corrected chi connectivity index (χ2v) is 5.82. The first-order valence-electron chi connectivity index (χ1n) is 6.57. The maximum atomic E-state index is 11.5. The number of nitrogens with zero attached hydrogens (tertiary/aromatic N) is 1. The quantitative estimate of drug-likeness (QED) is 0.718. The van der Waals surface area contributed by atoms with Gasteiger partial charge in [-0.15, -0.1) is 22.9 Å². The highest BCUT2D eigenvalue weighted by atomic mass is 35.5. The van der Waals surface area contributed by atoms with Crippen molar-refractivity contribution in [1.82, 2.24) is 4.98 Å². The Morgan fingerprint density at radius 1 is 1.19 bits per heavy atom. The van der Waals surface area contributed by atoms with E-state index in [1.807, 2.05) is 23.6 Å². The molecular weight excluding hydrogens is 304 g/mol. The van der Waals surface area contributed by atoms with E-state index in [4.69, 9.17) is 11.6 Å².